The van der Waals surface area contributed by atoms with E-state index in [1.165, 1.54) is 5.56 Å². The Kier molecular flexibility index (Phi) is 4.50. The van der Waals surface area contributed by atoms with Crippen LogP contribution in [-0.2, 0) is 6.54 Å². The monoisotopic (exact) mass is 367 g/mol. The highest BCUT2D eigenvalue weighted by molar-refractivity contribution is 5.99. The molecule has 0 fully saturated rings. The molecule has 138 valence electrons. The zero-order valence-electron chi connectivity index (χ0n) is 15.9. The highest BCUT2D eigenvalue weighted by Gasteiger charge is 2.14. The highest BCUT2D eigenvalue weighted by Crippen LogP contribution is 2.36. The molecule has 0 radical (unpaired) electrons. The van der Waals surface area contributed by atoms with Crippen molar-refractivity contribution in [2.24, 2.45) is 0 Å². The summed E-state index contributed by atoms with van der Waals surface area (Å²) in [5.74, 6) is 0.846. The van der Waals surface area contributed by atoms with Crippen LogP contribution in [0, 0.1) is 13.5 Å². The molecule has 1 aromatic heterocycles. The van der Waals surface area contributed by atoms with Gasteiger partial charge in [-0.3, -0.25) is 0 Å². The van der Waals surface area contributed by atoms with E-state index >= 15 is 0 Å². The van der Waals surface area contributed by atoms with E-state index in [1.54, 1.807) is 7.11 Å². The highest BCUT2D eigenvalue weighted by atomic mass is 16.5. The topological polar surface area (TPSA) is 44.5 Å². The summed E-state index contributed by atoms with van der Waals surface area (Å²) < 4.78 is 7.48. The van der Waals surface area contributed by atoms with Crippen molar-refractivity contribution in [3.8, 4) is 16.9 Å². The normalized spacial score (nSPS) is 10.8. The fraction of sp³-hybridized carbons (Fsp3) is 0.125. The second-order valence-electron chi connectivity index (χ2n) is 6.85. The van der Waals surface area contributed by atoms with Gasteiger partial charge in [0.05, 0.1) is 13.7 Å². The third-order valence-corrected chi connectivity index (χ3v) is 5.17. The maximum Gasteiger partial charge on any atom is 0.188 e. The Morgan fingerprint density at radius 3 is 2.54 bits per heavy atom. The largest absolute Gasteiger partial charge is 0.497 e. The summed E-state index contributed by atoms with van der Waals surface area (Å²) in [6, 6.07) is 19.9. The van der Waals surface area contributed by atoms with Crippen LogP contribution in [0.15, 0.2) is 66.9 Å². The summed E-state index contributed by atoms with van der Waals surface area (Å²) in [5.41, 5.74) is 13.1. The average Bonchev–Trinajstić information content (AvgIpc) is 3.08. The van der Waals surface area contributed by atoms with Crippen molar-refractivity contribution in [2.45, 2.75) is 13.5 Å². The zero-order chi connectivity index (χ0) is 19.7. The number of benzene rings is 3. The molecule has 0 saturated carbocycles. The van der Waals surface area contributed by atoms with Gasteiger partial charge in [-0.25, -0.2) is 4.85 Å². The maximum atomic E-state index is 7.38. The van der Waals surface area contributed by atoms with Crippen LogP contribution in [0.4, 0.5) is 11.4 Å². The number of fused-ring (bicyclic) bond motifs is 1. The molecule has 4 nitrogen and oxygen atoms in total. The molecule has 2 N–H and O–H groups in total. The standard InChI is InChI=1S/C24H21N3O/c1-16-20(5-4-6-23(16)25)22-15-27(14-17-7-10-19(28-3)11-8-17)24-12-9-18(26-2)13-21(22)24/h4-13,15H,14,25H2,1,3H3. The minimum absolute atomic E-state index is 0.637. The summed E-state index contributed by atoms with van der Waals surface area (Å²) in [4.78, 5) is 3.61. The lowest BCUT2D eigenvalue weighted by molar-refractivity contribution is 0.414. The molecule has 1 heterocycles. The van der Waals surface area contributed by atoms with Crippen molar-refractivity contribution < 1.29 is 4.74 Å². The van der Waals surface area contributed by atoms with Gasteiger partial charge in [0.15, 0.2) is 5.69 Å². The molecule has 4 heteroatoms. The van der Waals surface area contributed by atoms with Crippen molar-refractivity contribution >= 4 is 22.3 Å². The summed E-state index contributed by atoms with van der Waals surface area (Å²) in [6.07, 6.45) is 2.16. The SMILES string of the molecule is [C-]#[N+]c1ccc2c(c1)c(-c1cccc(N)c1C)cn2Cc1ccc(OC)cc1. The molecular formula is C24H21N3O. The summed E-state index contributed by atoms with van der Waals surface area (Å²) in [5, 5.41) is 1.07. The van der Waals surface area contributed by atoms with Gasteiger partial charge in [-0.15, -0.1) is 0 Å². The number of anilines is 1. The Morgan fingerprint density at radius 1 is 1.04 bits per heavy atom. The smallest absolute Gasteiger partial charge is 0.188 e. The van der Waals surface area contributed by atoms with Gasteiger partial charge in [-0.05, 0) is 59.3 Å². The first-order chi connectivity index (χ1) is 13.6. The van der Waals surface area contributed by atoms with Crippen LogP contribution in [-0.4, -0.2) is 11.7 Å². The van der Waals surface area contributed by atoms with Gasteiger partial charge in [-0.1, -0.05) is 30.3 Å². The lowest BCUT2D eigenvalue weighted by Gasteiger charge is -2.07. The molecule has 0 amide bonds. The molecule has 3 aromatic carbocycles. The lowest BCUT2D eigenvalue weighted by Crippen LogP contribution is -1.97. The van der Waals surface area contributed by atoms with E-state index in [0.29, 0.717) is 5.69 Å². The third-order valence-electron chi connectivity index (χ3n) is 5.17. The number of rotatable bonds is 4. The Labute approximate surface area is 164 Å². The summed E-state index contributed by atoms with van der Waals surface area (Å²) >= 11 is 0. The number of nitrogen functional groups attached to an aromatic ring is 1. The van der Waals surface area contributed by atoms with Crippen molar-refractivity contribution in [1.82, 2.24) is 4.57 Å². The number of ether oxygens (including phenoxy) is 1. The molecule has 0 aliphatic rings. The summed E-state index contributed by atoms with van der Waals surface area (Å²) in [7, 11) is 1.67. The average molecular weight is 367 g/mol. The molecule has 4 aromatic rings. The fourth-order valence-electron chi connectivity index (χ4n) is 3.57. The van der Waals surface area contributed by atoms with Crippen molar-refractivity contribution in [3.05, 3.63) is 89.4 Å². The molecule has 0 spiro atoms. The third kappa shape index (κ3) is 3.08. The van der Waals surface area contributed by atoms with E-state index in [2.05, 4.69) is 33.8 Å². The van der Waals surface area contributed by atoms with Crippen LogP contribution in [0.5, 0.6) is 5.75 Å². The first-order valence-corrected chi connectivity index (χ1v) is 9.09. The number of aromatic nitrogens is 1. The van der Waals surface area contributed by atoms with Gasteiger partial charge in [-0.2, -0.15) is 0 Å². The minimum atomic E-state index is 0.637. The van der Waals surface area contributed by atoms with E-state index in [9.17, 15) is 0 Å². The molecule has 0 aliphatic heterocycles. The minimum Gasteiger partial charge on any atom is -0.497 e. The van der Waals surface area contributed by atoms with Crippen LogP contribution in [0.25, 0.3) is 26.9 Å². The Hall–Kier alpha value is -3.71. The molecule has 0 atom stereocenters. The van der Waals surface area contributed by atoms with E-state index in [0.717, 1.165) is 45.6 Å². The fourth-order valence-corrected chi connectivity index (χ4v) is 3.57. The van der Waals surface area contributed by atoms with Gasteiger partial charge in [0.1, 0.15) is 5.75 Å². The maximum absolute atomic E-state index is 7.38. The van der Waals surface area contributed by atoms with Gasteiger partial charge < -0.3 is 15.0 Å². The Bertz CT molecular complexity index is 1200. The first kappa shape index (κ1) is 17.7. The predicted octanol–water partition coefficient (Wildman–Crippen LogP) is 5.81. The number of nitrogens with two attached hydrogens (primary N) is 1. The number of hydrogen-bond donors (Lipinski definition) is 1. The molecule has 0 unspecified atom stereocenters. The van der Waals surface area contributed by atoms with Crippen LogP contribution in [0.2, 0.25) is 0 Å². The van der Waals surface area contributed by atoms with E-state index in [4.69, 9.17) is 17.0 Å². The zero-order valence-corrected chi connectivity index (χ0v) is 15.9. The van der Waals surface area contributed by atoms with Crippen molar-refractivity contribution in [2.75, 3.05) is 12.8 Å². The van der Waals surface area contributed by atoms with Crippen LogP contribution < -0.4 is 10.5 Å². The molecule has 0 saturated heterocycles. The molecule has 0 aliphatic carbocycles. The predicted molar refractivity (Wildman–Crippen MR) is 115 cm³/mol. The Morgan fingerprint density at radius 2 is 1.82 bits per heavy atom. The molecule has 28 heavy (non-hydrogen) atoms. The number of hydrogen-bond acceptors (Lipinski definition) is 2. The van der Waals surface area contributed by atoms with E-state index in [1.807, 2.05) is 49.4 Å². The number of methoxy groups -OCH3 is 1. The summed E-state index contributed by atoms with van der Waals surface area (Å²) in [6.45, 7) is 10.2. The van der Waals surface area contributed by atoms with Gasteiger partial charge in [0.2, 0.25) is 0 Å². The van der Waals surface area contributed by atoms with E-state index in [-0.39, 0.29) is 0 Å². The second-order valence-corrected chi connectivity index (χ2v) is 6.85. The lowest BCUT2D eigenvalue weighted by atomic mass is 9.99. The molecule has 4 rings (SSSR count). The quantitative estimate of drug-likeness (QED) is 0.365. The molecule has 0 bridgehead atoms. The van der Waals surface area contributed by atoms with Crippen LogP contribution >= 0.6 is 0 Å². The first-order valence-electron chi connectivity index (χ1n) is 9.09. The van der Waals surface area contributed by atoms with Crippen molar-refractivity contribution in [3.63, 3.8) is 0 Å². The van der Waals surface area contributed by atoms with Crippen LogP contribution in [0.1, 0.15) is 11.1 Å². The Balaban J connectivity index is 1.87. The van der Waals surface area contributed by atoms with Gasteiger partial charge >= 0.3 is 0 Å². The van der Waals surface area contributed by atoms with Gasteiger partial charge in [0, 0.05) is 29.5 Å². The van der Waals surface area contributed by atoms with Crippen molar-refractivity contribution in [1.29, 1.82) is 0 Å². The second kappa shape index (κ2) is 7.13. The van der Waals surface area contributed by atoms with E-state index < -0.39 is 0 Å². The molecular weight excluding hydrogens is 346 g/mol. The van der Waals surface area contributed by atoms with Crippen LogP contribution in [0.3, 0.4) is 0 Å². The van der Waals surface area contributed by atoms with Gasteiger partial charge in [0.25, 0.3) is 0 Å². The number of nitrogens with zero attached hydrogens (tertiary/aromatic N) is 2.